The fraction of sp³-hybridized carbons (Fsp3) is 0.0417. The first-order chi connectivity index (χ1) is 16.0. The van der Waals surface area contributed by atoms with Crippen molar-refractivity contribution in [3.63, 3.8) is 0 Å². The Morgan fingerprint density at radius 2 is 1.79 bits per heavy atom. The van der Waals surface area contributed by atoms with Crippen LogP contribution in [-0.4, -0.2) is 20.6 Å². The minimum Gasteiger partial charge on any atom is -0.471 e. The van der Waals surface area contributed by atoms with E-state index >= 15 is 0 Å². The monoisotopic (exact) mass is 439 g/mol. The molecule has 9 heteroatoms. The van der Waals surface area contributed by atoms with Crippen molar-refractivity contribution >= 4 is 17.3 Å². The Hall–Kier alpha value is -4.97. The van der Waals surface area contributed by atoms with E-state index in [4.69, 9.17) is 4.74 Å². The number of aromatic nitrogens is 2. The average Bonchev–Trinajstić information content (AvgIpc) is 3.33. The zero-order chi connectivity index (χ0) is 23.2. The molecule has 4 rings (SSSR count). The summed E-state index contributed by atoms with van der Waals surface area (Å²) < 4.78 is 7.19. The second-order valence-corrected chi connectivity index (χ2v) is 6.96. The summed E-state index contributed by atoms with van der Waals surface area (Å²) in [4.78, 5) is 22.7. The summed E-state index contributed by atoms with van der Waals surface area (Å²) >= 11 is 0. The zero-order valence-electron chi connectivity index (χ0n) is 17.2. The zero-order valence-corrected chi connectivity index (χ0v) is 17.2. The van der Waals surface area contributed by atoms with Crippen molar-refractivity contribution < 1.29 is 14.5 Å². The van der Waals surface area contributed by atoms with E-state index in [1.54, 1.807) is 6.20 Å². The maximum Gasteiger partial charge on any atom is 0.276 e. The van der Waals surface area contributed by atoms with Crippen LogP contribution in [0.1, 0.15) is 16.1 Å². The molecule has 0 spiro atoms. The Balaban J connectivity index is 1.38. The van der Waals surface area contributed by atoms with E-state index in [0.717, 1.165) is 17.2 Å². The number of rotatable bonds is 7. The number of carbonyl (C=O) groups excluding carboxylic acids is 1. The first kappa shape index (κ1) is 21.3. The highest BCUT2D eigenvalue weighted by Gasteiger charge is 2.15. The van der Waals surface area contributed by atoms with Crippen molar-refractivity contribution in [3.8, 4) is 22.9 Å². The summed E-state index contributed by atoms with van der Waals surface area (Å²) in [6.45, 7) is 0.0962. The number of benzene rings is 3. The summed E-state index contributed by atoms with van der Waals surface area (Å²) in [5, 5.41) is 26.8. The van der Waals surface area contributed by atoms with Gasteiger partial charge in [-0.3, -0.25) is 14.9 Å². The van der Waals surface area contributed by atoms with Crippen LogP contribution in [0.5, 0.6) is 5.75 Å². The maximum absolute atomic E-state index is 12.5. The Bertz CT molecular complexity index is 1340. The summed E-state index contributed by atoms with van der Waals surface area (Å²) in [5.74, 6) is 0.104. The Labute approximate surface area is 188 Å². The molecule has 0 aliphatic carbocycles. The summed E-state index contributed by atoms with van der Waals surface area (Å²) in [7, 11) is 0. The van der Waals surface area contributed by atoms with Gasteiger partial charge in [-0.05, 0) is 35.4 Å². The summed E-state index contributed by atoms with van der Waals surface area (Å²) in [5.41, 5.74) is 2.21. The van der Waals surface area contributed by atoms with Crippen LogP contribution in [0.2, 0.25) is 0 Å². The van der Waals surface area contributed by atoms with Crippen LogP contribution < -0.4 is 10.1 Å². The number of non-ortho nitro benzene ring substituents is 1. The molecule has 33 heavy (non-hydrogen) atoms. The fourth-order valence-corrected chi connectivity index (χ4v) is 3.10. The van der Waals surface area contributed by atoms with Crippen LogP contribution in [0.3, 0.4) is 0 Å². The molecule has 0 saturated heterocycles. The number of anilines is 1. The number of hydrogen-bond donors (Lipinski definition) is 1. The Morgan fingerprint density at radius 3 is 2.48 bits per heavy atom. The van der Waals surface area contributed by atoms with E-state index in [1.807, 2.05) is 60.7 Å². The topological polar surface area (TPSA) is 123 Å². The molecule has 0 bridgehead atoms. The molecule has 1 N–H and O–H groups in total. The van der Waals surface area contributed by atoms with Crippen molar-refractivity contribution in [2.45, 2.75) is 6.73 Å². The van der Waals surface area contributed by atoms with Crippen LogP contribution in [0.4, 0.5) is 11.4 Å². The predicted molar refractivity (Wildman–Crippen MR) is 120 cm³/mol. The third-order valence-corrected chi connectivity index (χ3v) is 4.78. The smallest absolute Gasteiger partial charge is 0.276 e. The van der Waals surface area contributed by atoms with E-state index in [1.165, 1.54) is 22.9 Å². The minimum atomic E-state index is -0.608. The summed E-state index contributed by atoms with van der Waals surface area (Å²) in [6, 6.07) is 24.6. The average molecular weight is 439 g/mol. The van der Waals surface area contributed by atoms with Gasteiger partial charge < -0.3 is 10.1 Å². The van der Waals surface area contributed by atoms with E-state index in [0.29, 0.717) is 5.75 Å². The van der Waals surface area contributed by atoms with Crippen LogP contribution in [0, 0.1) is 21.4 Å². The molecule has 1 amide bonds. The predicted octanol–water partition coefficient (Wildman–Crippen LogP) is 4.62. The molecule has 0 atom stereocenters. The molecule has 9 nitrogen and oxygen atoms in total. The van der Waals surface area contributed by atoms with Crippen LogP contribution in [0.25, 0.3) is 11.1 Å². The van der Waals surface area contributed by atoms with Gasteiger partial charge in [0, 0.05) is 18.3 Å². The number of hydrogen-bond acceptors (Lipinski definition) is 6. The van der Waals surface area contributed by atoms with Gasteiger partial charge in [0.2, 0.25) is 0 Å². The molecular formula is C24H17N5O4. The van der Waals surface area contributed by atoms with E-state index in [9.17, 15) is 20.2 Å². The van der Waals surface area contributed by atoms with Crippen LogP contribution >= 0.6 is 0 Å². The molecular weight excluding hydrogens is 422 g/mol. The van der Waals surface area contributed by atoms with Crippen molar-refractivity contribution in [2.24, 2.45) is 0 Å². The van der Waals surface area contributed by atoms with Gasteiger partial charge in [0.25, 0.3) is 11.6 Å². The van der Waals surface area contributed by atoms with E-state index in [2.05, 4.69) is 10.4 Å². The number of nitro benzene ring substituents is 1. The van der Waals surface area contributed by atoms with Crippen LogP contribution in [0.15, 0.2) is 85.1 Å². The highest BCUT2D eigenvalue weighted by atomic mass is 16.6. The molecule has 0 saturated carbocycles. The van der Waals surface area contributed by atoms with Gasteiger partial charge in [0.15, 0.2) is 12.4 Å². The lowest BCUT2D eigenvalue weighted by Crippen LogP contribution is -2.15. The lowest BCUT2D eigenvalue weighted by Gasteiger charge is -2.08. The van der Waals surface area contributed by atoms with E-state index < -0.39 is 10.8 Å². The van der Waals surface area contributed by atoms with Gasteiger partial charge in [0.05, 0.1) is 16.2 Å². The molecule has 0 fully saturated rings. The Morgan fingerprint density at radius 1 is 1.06 bits per heavy atom. The molecule has 0 aliphatic rings. The number of nitrogens with zero attached hydrogens (tertiary/aromatic N) is 4. The van der Waals surface area contributed by atoms with Gasteiger partial charge in [-0.1, -0.05) is 42.5 Å². The number of carbonyl (C=O) groups is 1. The number of nitriles is 1. The molecule has 0 aliphatic heterocycles. The standard InChI is InChI=1S/C24H17N5O4/c25-15-19-14-20(29(31)32)8-11-22(19)26-24(30)23-12-13-28(27-23)16-33-21-9-6-18(7-10-21)17-4-2-1-3-5-17/h1-14H,16H2,(H,26,30). The molecule has 4 aromatic rings. The molecule has 0 unspecified atom stereocenters. The first-order valence-electron chi connectivity index (χ1n) is 9.85. The van der Waals surface area contributed by atoms with Crippen molar-refractivity contribution in [2.75, 3.05) is 5.32 Å². The number of nitro groups is 1. The van der Waals surface area contributed by atoms with Crippen molar-refractivity contribution in [1.82, 2.24) is 9.78 Å². The van der Waals surface area contributed by atoms with Gasteiger partial charge in [-0.25, -0.2) is 4.68 Å². The second-order valence-electron chi connectivity index (χ2n) is 6.96. The van der Waals surface area contributed by atoms with Gasteiger partial charge in [-0.15, -0.1) is 0 Å². The highest BCUT2D eigenvalue weighted by Crippen LogP contribution is 2.23. The lowest BCUT2D eigenvalue weighted by molar-refractivity contribution is -0.384. The largest absolute Gasteiger partial charge is 0.471 e. The fourth-order valence-electron chi connectivity index (χ4n) is 3.10. The number of nitrogens with one attached hydrogen (secondary N) is 1. The lowest BCUT2D eigenvalue weighted by atomic mass is 10.1. The molecule has 0 radical (unpaired) electrons. The van der Waals surface area contributed by atoms with Gasteiger partial charge in [0.1, 0.15) is 11.8 Å². The third-order valence-electron chi connectivity index (χ3n) is 4.78. The van der Waals surface area contributed by atoms with Crippen molar-refractivity contribution in [3.05, 3.63) is 106 Å². The van der Waals surface area contributed by atoms with Crippen LogP contribution in [-0.2, 0) is 6.73 Å². The maximum atomic E-state index is 12.5. The second kappa shape index (κ2) is 9.45. The third kappa shape index (κ3) is 5.03. The normalized spacial score (nSPS) is 10.3. The minimum absolute atomic E-state index is 0.0146. The quantitative estimate of drug-likeness (QED) is 0.331. The van der Waals surface area contributed by atoms with Gasteiger partial charge >= 0.3 is 0 Å². The highest BCUT2D eigenvalue weighted by molar-refractivity contribution is 6.03. The SMILES string of the molecule is N#Cc1cc([N+](=O)[O-])ccc1NC(=O)c1ccn(COc2ccc(-c3ccccc3)cc2)n1. The molecule has 1 heterocycles. The number of ether oxygens (including phenoxy) is 1. The van der Waals surface area contributed by atoms with Crippen molar-refractivity contribution in [1.29, 1.82) is 5.26 Å². The van der Waals surface area contributed by atoms with Gasteiger partial charge in [-0.2, -0.15) is 10.4 Å². The molecule has 1 aromatic heterocycles. The molecule has 162 valence electrons. The number of amides is 1. The Kier molecular flexibility index (Phi) is 6.09. The summed E-state index contributed by atoms with van der Waals surface area (Å²) in [6.07, 6.45) is 1.59. The van der Waals surface area contributed by atoms with E-state index in [-0.39, 0.29) is 29.4 Å². The first-order valence-corrected chi connectivity index (χ1v) is 9.85. The molecule has 3 aromatic carbocycles.